The van der Waals surface area contributed by atoms with Crippen LogP contribution in [0.1, 0.15) is 117 Å². The summed E-state index contributed by atoms with van der Waals surface area (Å²) in [5, 5.41) is 16.9. The van der Waals surface area contributed by atoms with Crippen molar-refractivity contribution in [1.29, 1.82) is 0 Å². The minimum atomic E-state index is -0.893. The molecule has 0 saturated heterocycles. The van der Waals surface area contributed by atoms with Crippen molar-refractivity contribution >= 4 is 58.1 Å². The average molecular weight is 805 g/mol. The maximum atomic E-state index is 14.1. The van der Waals surface area contributed by atoms with Crippen LogP contribution in [0.5, 0.6) is 0 Å². The predicted molar refractivity (Wildman–Crippen MR) is 216 cm³/mol. The van der Waals surface area contributed by atoms with Gasteiger partial charge in [-0.3, -0.25) is 19.2 Å². The lowest BCUT2D eigenvalue weighted by atomic mass is 9.98. The second-order valence-electron chi connectivity index (χ2n) is 15.3. The van der Waals surface area contributed by atoms with Gasteiger partial charge in [0.2, 0.25) is 23.6 Å². The maximum Gasteiger partial charge on any atom is 0.271 e. The Balaban J connectivity index is 1.40. The van der Waals surface area contributed by atoms with Crippen LogP contribution >= 0.6 is 22.7 Å². The minimum Gasteiger partial charge on any atom is -0.474 e. The lowest BCUT2D eigenvalue weighted by Gasteiger charge is -2.24. The maximum absolute atomic E-state index is 14.1. The van der Waals surface area contributed by atoms with Crippen molar-refractivity contribution in [2.75, 3.05) is 0 Å². The standard InChI is InChI=1S/C40H52N8O6S2/c1-9-20(5)29-37-47-31(22(7)53-37)35(51)41-25(16-24-14-12-11-13-15-24)39-42-26(17-55-39)33(49)45-30(21(6)10-2)38-48-32(23(8)54-38)36(52)44-28(19(3)4)40-43-27(18-56-40)34(50)46-29/h11-15,17-23,25,28-32H,9-10,16H2,1-8H3,(H,41,51)(H,44,52)(H,45,49)(H,46,50)/t20?,21?,22-,23-,25-,28-,29+,30+,31+,32+/m1/s1. The van der Waals surface area contributed by atoms with E-state index in [0.29, 0.717) is 29.3 Å². The number of nitrogens with zero attached hydrogens (tertiary/aromatic N) is 4. The van der Waals surface area contributed by atoms with E-state index in [1.807, 2.05) is 71.9 Å². The van der Waals surface area contributed by atoms with Crippen LogP contribution in [0.3, 0.4) is 0 Å². The molecule has 5 heterocycles. The van der Waals surface area contributed by atoms with E-state index in [4.69, 9.17) is 24.4 Å². The predicted octanol–water partition coefficient (Wildman–Crippen LogP) is 5.19. The molecule has 3 aliphatic heterocycles. The number of ether oxygens (including phenoxy) is 2. The first-order chi connectivity index (χ1) is 26.8. The molecule has 0 aliphatic carbocycles. The van der Waals surface area contributed by atoms with E-state index in [9.17, 15) is 19.2 Å². The largest absolute Gasteiger partial charge is 0.474 e. The summed E-state index contributed by atoms with van der Waals surface area (Å²) in [5.74, 6) is -1.23. The fourth-order valence-electron chi connectivity index (χ4n) is 6.85. The van der Waals surface area contributed by atoms with E-state index in [-0.39, 0.29) is 52.8 Å². The highest BCUT2D eigenvalue weighted by Gasteiger charge is 2.42. The fourth-order valence-corrected chi connectivity index (χ4v) is 8.72. The summed E-state index contributed by atoms with van der Waals surface area (Å²) in [5.41, 5.74) is 1.36. The Hall–Kier alpha value is -4.70. The van der Waals surface area contributed by atoms with Crippen molar-refractivity contribution in [3.63, 3.8) is 0 Å². The van der Waals surface area contributed by atoms with Gasteiger partial charge in [-0.2, -0.15) is 0 Å². The molecule has 3 aromatic rings. The van der Waals surface area contributed by atoms with Crippen LogP contribution in [0.15, 0.2) is 51.1 Å². The van der Waals surface area contributed by atoms with Gasteiger partial charge in [-0.05, 0) is 43.6 Å². The van der Waals surface area contributed by atoms with Crippen LogP contribution in [0.25, 0.3) is 0 Å². The van der Waals surface area contributed by atoms with Crippen molar-refractivity contribution in [2.24, 2.45) is 27.7 Å². The molecule has 300 valence electrons. The van der Waals surface area contributed by atoms with E-state index >= 15 is 0 Å². The molecular formula is C40H52N8O6S2. The van der Waals surface area contributed by atoms with Gasteiger partial charge in [0.25, 0.3) is 11.8 Å². The molecule has 0 spiro atoms. The van der Waals surface area contributed by atoms with Gasteiger partial charge in [-0.1, -0.05) is 84.7 Å². The van der Waals surface area contributed by atoms with Gasteiger partial charge in [0.05, 0.1) is 12.1 Å². The number of amides is 4. The first-order valence-electron chi connectivity index (χ1n) is 19.4. The third-order valence-corrected chi connectivity index (χ3v) is 12.6. The van der Waals surface area contributed by atoms with E-state index in [1.165, 1.54) is 22.7 Å². The molecule has 0 fully saturated rings. The Morgan fingerprint density at radius 2 is 1.14 bits per heavy atom. The summed E-state index contributed by atoms with van der Waals surface area (Å²) in [6.07, 6.45) is 0.613. The number of nitrogens with one attached hydrogen (secondary N) is 4. The summed E-state index contributed by atoms with van der Waals surface area (Å²) in [6, 6.07) is 5.62. The average Bonchev–Trinajstić information content (AvgIpc) is 4.01. The molecule has 10 atom stereocenters. The number of thiazole rings is 2. The summed E-state index contributed by atoms with van der Waals surface area (Å²) >= 11 is 2.56. The molecule has 8 bridgehead atoms. The van der Waals surface area contributed by atoms with E-state index < -0.39 is 60.3 Å². The summed E-state index contributed by atoms with van der Waals surface area (Å²) < 4.78 is 12.4. The number of hydrogen-bond donors (Lipinski definition) is 4. The van der Waals surface area contributed by atoms with E-state index in [2.05, 4.69) is 26.3 Å². The van der Waals surface area contributed by atoms with Gasteiger partial charge in [0.15, 0.2) is 12.1 Å². The van der Waals surface area contributed by atoms with Crippen molar-refractivity contribution in [2.45, 2.75) is 123 Å². The Labute approximate surface area is 335 Å². The van der Waals surface area contributed by atoms with Crippen molar-refractivity contribution < 1.29 is 28.7 Å². The highest BCUT2D eigenvalue weighted by atomic mass is 32.1. The molecule has 2 unspecified atom stereocenters. The molecule has 4 amide bonds. The molecule has 0 saturated carbocycles. The fraction of sp³-hybridized carbons (Fsp3) is 0.550. The van der Waals surface area contributed by atoms with Gasteiger partial charge in [-0.15, -0.1) is 22.7 Å². The van der Waals surface area contributed by atoms with Gasteiger partial charge in [-0.25, -0.2) is 20.0 Å². The molecule has 2 aromatic heterocycles. The smallest absolute Gasteiger partial charge is 0.271 e. The van der Waals surface area contributed by atoms with Crippen LogP contribution in [0.4, 0.5) is 0 Å². The third kappa shape index (κ3) is 8.96. The Bertz CT molecular complexity index is 1960. The molecular weight excluding hydrogens is 753 g/mol. The monoisotopic (exact) mass is 804 g/mol. The van der Waals surface area contributed by atoms with Gasteiger partial charge >= 0.3 is 0 Å². The molecule has 0 radical (unpaired) electrons. The zero-order chi connectivity index (χ0) is 40.3. The van der Waals surface area contributed by atoms with Gasteiger partial charge < -0.3 is 30.7 Å². The third-order valence-electron chi connectivity index (χ3n) is 10.7. The number of benzene rings is 1. The normalized spacial score (nSPS) is 28.4. The molecule has 14 nitrogen and oxygen atoms in total. The zero-order valence-corrected chi connectivity index (χ0v) is 34.7. The number of aromatic nitrogens is 2. The summed E-state index contributed by atoms with van der Waals surface area (Å²) in [7, 11) is 0. The van der Waals surface area contributed by atoms with Crippen LogP contribution < -0.4 is 21.3 Å². The highest BCUT2D eigenvalue weighted by Crippen LogP contribution is 2.29. The lowest BCUT2D eigenvalue weighted by molar-refractivity contribution is -0.125. The molecule has 16 heteroatoms. The van der Waals surface area contributed by atoms with E-state index in [1.54, 1.807) is 24.6 Å². The zero-order valence-electron chi connectivity index (χ0n) is 33.1. The van der Waals surface area contributed by atoms with Crippen LogP contribution in [0, 0.1) is 17.8 Å². The molecule has 6 rings (SSSR count). The number of fused-ring (bicyclic) bond motifs is 6. The van der Waals surface area contributed by atoms with Crippen LogP contribution in [-0.2, 0) is 25.5 Å². The lowest BCUT2D eigenvalue weighted by Crippen LogP contribution is -2.45. The Kier molecular flexibility index (Phi) is 12.9. The van der Waals surface area contributed by atoms with Gasteiger partial charge in [0, 0.05) is 10.8 Å². The Morgan fingerprint density at radius 3 is 1.64 bits per heavy atom. The van der Waals surface area contributed by atoms with E-state index in [0.717, 1.165) is 5.56 Å². The second kappa shape index (κ2) is 17.6. The number of carbonyl (C=O) groups excluding carboxylic acids is 4. The number of rotatable bonds is 7. The second-order valence-corrected chi connectivity index (χ2v) is 17.0. The highest BCUT2D eigenvalue weighted by molar-refractivity contribution is 7.10. The van der Waals surface area contributed by atoms with Crippen LogP contribution in [-0.4, -0.2) is 81.8 Å². The molecule has 3 aliphatic rings. The SMILES string of the molecule is CCC(C)[C@@H]1NC(=O)c2csc(n2)[C@@H](C(C)C)NC(=O)[C@H]2N=C(O[C@@H]2C)[C@H](C(C)CC)NC(=O)c2csc(n2)[C@@H](Cc2ccccc2)NC(=O)[C@H]2N=C1O[C@@H]2C. The molecule has 1 aromatic carbocycles. The summed E-state index contributed by atoms with van der Waals surface area (Å²) in [6.45, 7) is 15.5. The number of hydrogen-bond acceptors (Lipinski definition) is 12. The minimum absolute atomic E-state index is 0.0678. The van der Waals surface area contributed by atoms with Crippen molar-refractivity contribution in [1.82, 2.24) is 31.2 Å². The van der Waals surface area contributed by atoms with Crippen molar-refractivity contribution in [3.05, 3.63) is 68.1 Å². The molecule has 56 heavy (non-hydrogen) atoms. The molecule has 4 N–H and O–H groups in total. The number of carbonyl (C=O) groups is 4. The first kappa shape index (κ1) is 40.9. The van der Waals surface area contributed by atoms with Crippen LogP contribution in [0.2, 0.25) is 0 Å². The summed E-state index contributed by atoms with van der Waals surface area (Å²) in [4.78, 5) is 74.5. The first-order valence-corrected chi connectivity index (χ1v) is 21.2. The van der Waals surface area contributed by atoms with Crippen molar-refractivity contribution in [3.8, 4) is 0 Å². The number of aliphatic imine (C=N–C) groups is 2. The quantitative estimate of drug-likeness (QED) is 0.252. The topological polar surface area (TPSA) is 185 Å². The van der Waals surface area contributed by atoms with Gasteiger partial charge in [0.1, 0.15) is 45.7 Å². The Morgan fingerprint density at radius 1 is 0.661 bits per heavy atom.